The Kier molecular flexibility index (Phi) is 4.91. The molecule has 0 unspecified atom stereocenters. The van der Waals surface area contributed by atoms with Gasteiger partial charge in [0.2, 0.25) is 0 Å². The molecule has 2 aromatic heterocycles. The first kappa shape index (κ1) is 17.6. The SMILES string of the molecule is COc1ccc(Br)c(C(=O)OCc2nc3sc(C)c(C)c3c(=O)[nH]2)c1. The van der Waals surface area contributed by atoms with Crippen molar-refractivity contribution >= 4 is 43.5 Å². The molecule has 0 aliphatic carbocycles. The number of benzene rings is 1. The molecule has 2 heterocycles. The Morgan fingerprint density at radius 2 is 2.12 bits per heavy atom. The van der Waals surface area contributed by atoms with E-state index in [4.69, 9.17) is 9.47 Å². The van der Waals surface area contributed by atoms with Crippen LogP contribution in [0.15, 0.2) is 27.5 Å². The quantitative estimate of drug-likeness (QED) is 0.647. The number of H-pyrrole nitrogens is 1. The molecule has 0 saturated carbocycles. The molecular formula is C17H15BrN2O4S. The van der Waals surface area contributed by atoms with Crippen LogP contribution in [0, 0.1) is 13.8 Å². The first-order chi connectivity index (χ1) is 11.9. The Morgan fingerprint density at radius 3 is 2.84 bits per heavy atom. The summed E-state index contributed by atoms with van der Waals surface area (Å²) in [5.41, 5.74) is 1.05. The van der Waals surface area contributed by atoms with Gasteiger partial charge in [-0.15, -0.1) is 11.3 Å². The fraction of sp³-hybridized carbons (Fsp3) is 0.235. The summed E-state index contributed by atoms with van der Waals surface area (Å²) in [6.07, 6.45) is 0. The number of thiophene rings is 1. The molecule has 0 saturated heterocycles. The highest BCUT2D eigenvalue weighted by Gasteiger charge is 2.15. The topological polar surface area (TPSA) is 81.3 Å². The lowest BCUT2D eigenvalue weighted by atomic mass is 10.2. The van der Waals surface area contributed by atoms with E-state index < -0.39 is 5.97 Å². The van der Waals surface area contributed by atoms with Gasteiger partial charge in [-0.1, -0.05) is 0 Å². The molecule has 0 bridgehead atoms. The molecule has 3 aromatic rings. The zero-order chi connectivity index (χ0) is 18.1. The Labute approximate surface area is 155 Å². The number of aryl methyl sites for hydroxylation is 2. The van der Waals surface area contributed by atoms with E-state index in [-0.39, 0.29) is 12.2 Å². The third-order valence-corrected chi connectivity index (χ3v) is 5.61. The summed E-state index contributed by atoms with van der Waals surface area (Å²) >= 11 is 4.76. The van der Waals surface area contributed by atoms with Crippen molar-refractivity contribution in [3.63, 3.8) is 0 Å². The number of ether oxygens (including phenoxy) is 2. The van der Waals surface area contributed by atoms with Crippen LogP contribution in [0.4, 0.5) is 0 Å². The molecule has 8 heteroatoms. The van der Waals surface area contributed by atoms with Gasteiger partial charge in [0.05, 0.1) is 18.1 Å². The lowest BCUT2D eigenvalue weighted by Crippen LogP contribution is -2.14. The summed E-state index contributed by atoms with van der Waals surface area (Å²) in [7, 11) is 1.52. The molecular weight excluding hydrogens is 408 g/mol. The summed E-state index contributed by atoms with van der Waals surface area (Å²) in [6.45, 7) is 3.72. The lowest BCUT2D eigenvalue weighted by Gasteiger charge is -2.08. The number of carbonyl (C=O) groups is 1. The summed E-state index contributed by atoms with van der Waals surface area (Å²) < 4.78 is 11.0. The summed E-state index contributed by atoms with van der Waals surface area (Å²) in [4.78, 5) is 33.3. The van der Waals surface area contributed by atoms with E-state index in [9.17, 15) is 9.59 Å². The van der Waals surface area contributed by atoms with Gasteiger partial charge in [0.15, 0.2) is 0 Å². The second kappa shape index (κ2) is 6.97. The average Bonchev–Trinajstić information content (AvgIpc) is 2.87. The summed E-state index contributed by atoms with van der Waals surface area (Å²) in [5.74, 6) is 0.325. The number of aromatic amines is 1. The van der Waals surface area contributed by atoms with Crippen molar-refractivity contribution in [3.8, 4) is 5.75 Å². The van der Waals surface area contributed by atoms with E-state index in [0.717, 1.165) is 10.4 Å². The predicted molar refractivity (Wildman–Crippen MR) is 99.5 cm³/mol. The number of esters is 1. The molecule has 1 N–H and O–H groups in total. The number of aromatic nitrogens is 2. The number of methoxy groups -OCH3 is 1. The molecule has 0 aliphatic rings. The van der Waals surface area contributed by atoms with Crippen molar-refractivity contribution in [3.05, 3.63) is 54.9 Å². The Hall–Kier alpha value is -2.19. The number of halogens is 1. The van der Waals surface area contributed by atoms with Crippen LogP contribution in [-0.2, 0) is 11.3 Å². The maximum absolute atomic E-state index is 12.3. The van der Waals surface area contributed by atoms with E-state index in [1.54, 1.807) is 18.2 Å². The molecule has 0 amide bonds. The van der Waals surface area contributed by atoms with Crippen LogP contribution >= 0.6 is 27.3 Å². The van der Waals surface area contributed by atoms with Crippen molar-refractivity contribution in [1.29, 1.82) is 0 Å². The van der Waals surface area contributed by atoms with Gasteiger partial charge in [0, 0.05) is 9.35 Å². The standard InChI is InChI=1S/C17H15BrN2O4S/c1-8-9(2)25-16-14(8)15(21)19-13(20-16)7-24-17(22)11-6-10(23-3)4-5-12(11)18/h4-6H,7H2,1-3H3,(H,19,20,21). The fourth-order valence-corrected chi connectivity index (χ4v) is 3.82. The van der Waals surface area contributed by atoms with E-state index in [1.165, 1.54) is 18.4 Å². The third kappa shape index (κ3) is 3.45. The maximum Gasteiger partial charge on any atom is 0.339 e. The Morgan fingerprint density at radius 1 is 1.36 bits per heavy atom. The second-order valence-corrected chi connectivity index (χ2v) is 7.46. The highest BCUT2D eigenvalue weighted by atomic mass is 79.9. The highest BCUT2D eigenvalue weighted by molar-refractivity contribution is 9.10. The molecule has 0 aliphatic heterocycles. The zero-order valence-corrected chi connectivity index (χ0v) is 16.2. The number of nitrogens with zero attached hydrogens (tertiary/aromatic N) is 1. The van der Waals surface area contributed by atoms with Crippen molar-refractivity contribution in [2.75, 3.05) is 7.11 Å². The Balaban J connectivity index is 1.83. The zero-order valence-electron chi connectivity index (χ0n) is 13.8. The normalized spacial score (nSPS) is 10.9. The number of nitrogens with one attached hydrogen (secondary N) is 1. The molecule has 130 valence electrons. The van der Waals surface area contributed by atoms with Crippen molar-refractivity contribution in [1.82, 2.24) is 9.97 Å². The molecule has 0 spiro atoms. The van der Waals surface area contributed by atoms with Crippen molar-refractivity contribution in [2.45, 2.75) is 20.5 Å². The maximum atomic E-state index is 12.3. The highest BCUT2D eigenvalue weighted by Crippen LogP contribution is 2.26. The van der Waals surface area contributed by atoms with Crippen molar-refractivity contribution in [2.24, 2.45) is 0 Å². The molecule has 6 nitrogen and oxygen atoms in total. The number of rotatable bonds is 4. The molecule has 0 radical (unpaired) electrons. The monoisotopic (exact) mass is 422 g/mol. The number of fused-ring (bicyclic) bond motifs is 1. The van der Waals surface area contributed by atoms with Crippen LogP contribution in [0.5, 0.6) is 5.75 Å². The van der Waals surface area contributed by atoms with Crippen LogP contribution < -0.4 is 10.3 Å². The fourth-order valence-electron chi connectivity index (χ4n) is 2.37. The van der Waals surface area contributed by atoms with Gasteiger partial charge in [-0.3, -0.25) is 4.79 Å². The van der Waals surface area contributed by atoms with Crippen LogP contribution in [-0.4, -0.2) is 23.0 Å². The van der Waals surface area contributed by atoms with Gasteiger partial charge in [0.1, 0.15) is 23.0 Å². The van der Waals surface area contributed by atoms with Gasteiger partial charge < -0.3 is 14.5 Å². The van der Waals surface area contributed by atoms with E-state index in [1.807, 2.05) is 13.8 Å². The smallest absolute Gasteiger partial charge is 0.339 e. The minimum absolute atomic E-state index is 0.121. The molecule has 3 rings (SSSR count). The van der Waals surface area contributed by atoms with E-state index >= 15 is 0 Å². The van der Waals surface area contributed by atoms with E-state index in [0.29, 0.717) is 31.8 Å². The van der Waals surface area contributed by atoms with Gasteiger partial charge in [-0.25, -0.2) is 9.78 Å². The Bertz CT molecular complexity index is 1030. The lowest BCUT2D eigenvalue weighted by molar-refractivity contribution is 0.0461. The van der Waals surface area contributed by atoms with Gasteiger partial charge in [0.25, 0.3) is 5.56 Å². The molecule has 1 aromatic carbocycles. The minimum Gasteiger partial charge on any atom is -0.497 e. The first-order valence-electron chi connectivity index (χ1n) is 7.40. The average molecular weight is 423 g/mol. The summed E-state index contributed by atoms with van der Waals surface area (Å²) in [6, 6.07) is 5.02. The van der Waals surface area contributed by atoms with Crippen LogP contribution in [0.3, 0.4) is 0 Å². The molecule has 0 atom stereocenters. The molecule has 25 heavy (non-hydrogen) atoms. The number of carbonyl (C=O) groups excluding carboxylic acids is 1. The number of hydrogen-bond acceptors (Lipinski definition) is 6. The van der Waals surface area contributed by atoms with Crippen LogP contribution in [0.25, 0.3) is 10.2 Å². The minimum atomic E-state index is -0.535. The largest absolute Gasteiger partial charge is 0.497 e. The van der Waals surface area contributed by atoms with Crippen molar-refractivity contribution < 1.29 is 14.3 Å². The van der Waals surface area contributed by atoms with E-state index in [2.05, 4.69) is 25.9 Å². The summed E-state index contributed by atoms with van der Waals surface area (Å²) in [5, 5.41) is 0.591. The van der Waals surface area contributed by atoms with Gasteiger partial charge in [-0.2, -0.15) is 0 Å². The predicted octanol–water partition coefficient (Wildman–Crippen LogP) is 3.73. The van der Waals surface area contributed by atoms with Crippen LogP contribution in [0.1, 0.15) is 26.6 Å². The molecule has 0 fully saturated rings. The first-order valence-corrected chi connectivity index (χ1v) is 9.01. The van der Waals surface area contributed by atoms with Gasteiger partial charge >= 0.3 is 5.97 Å². The van der Waals surface area contributed by atoms with Crippen LogP contribution in [0.2, 0.25) is 0 Å². The number of hydrogen-bond donors (Lipinski definition) is 1. The third-order valence-electron chi connectivity index (χ3n) is 3.82. The van der Waals surface area contributed by atoms with Gasteiger partial charge in [-0.05, 0) is 53.5 Å². The second-order valence-electron chi connectivity index (χ2n) is 5.40.